The Balaban J connectivity index is 1.60. The van der Waals surface area contributed by atoms with Crippen LogP contribution in [0.2, 0.25) is 0 Å². The molecule has 1 unspecified atom stereocenters. The fourth-order valence-corrected chi connectivity index (χ4v) is 5.63. The summed E-state index contributed by atoms with van der Waals surface area (Å²) in [5.74, 6) is -0.518. The standard InChI is InChI=1S/C24H20N2O5S/c1-14-3-9-17(10-4-14)32(29,30)26-12-11-18-22(26)24(28)20-19(13-25-21(20)23(18)27)15-5-7-16(31-2)8-6-15/h3-12,19,25H,13H2,1-2H3. The lowest BCUT2D eigenvalue weighted by molar-refractivity contribution is 0.0968. The molecule has 2 heterocycles. The van der Waals surface area contributed by atoms with Gasteiger partial charge in [-0.1, -0.05) is 29.8 Å². The maximum absolute atomic E-state index is 13.6. The molecule has 162 valence electrons. The van der Waals surface area contributed by atoms with Crippen molar-refractivity contribution in [1.29, 1.82) is 0 Å². The summed E-state index contributed by atoms with van der Waals surface area (Å²) in [6, 6.07) is 15.0. The number of nitrogens with one attached hydrogen (secondary N) is 1. The smallest absolute Gasteiger partial charge is 0.268 e. The van der Waals surface area contributed by atoms with Crippen LogP contribution in [-0.2, 0) is 10.0 Å². The second-order valence-corrected chi connectivity index (χ2v) is 9.66. The lowest BCUT2D eigenvalue weighted by Gasteiger charge is -2.19. The van der Waals surface area contributed by atoms with Crippen LogP contribution in [0.25, 0.3) is 0 Å². The Morgan fingerprint density at radius 2 is 1.66 bits per heavy atom. The third-order valence-electron chi connectivity index (χ3n) is 5.98. The lowest BCUT2D eigenvalue weighted by Crippen LogP contribution is -2.28. The molecule has 1 N–H and O–H groups in total. The molecule has 7 nitrogen and oxygen atoms in total. The molecule has 2 aliphatic rings. The lowest BCUT2D eigenvalue weighted by atomic mass is 9.84. The first-order valence-electron chi connectivity index (χ1n) is 10.1. The number of ketones is 2. The second-order valence-electron chi connectivity index (χ2n) is 7.85. The monoisotopic (exact) mass is 448 g/mol. The van der Waals surface area contributed by atoms with Crippen molar-refractivity contribution >= 4 is 21.6 Å². The first-order valence-corrected chi connectivity index (χ1v) is 11.5. The van der Waals surface area contributed by atoms with Gasteiger partial charge in [-0.15, -0.1) is 0 Å². The van der Waals surface area contributed by atoms with Gasteiger partial charge in [0, 0.05) is 24.2 Å². The Bertz CT molecular complexity index is 1400. The van der Waals surface area contributed by atoms with Crippen molar-refractivity contribution in [3.8, 4) is 5.75 Å². The zero-order valence-electron chi connectivity index (χ0n) is 17.5. The molecule has 0 radical (unpaired) electrons. The zero-order valence-corrected chi connectivity index (χ0v) is 18.3. The summed E-state index contributed by atoms with van der Waals surface area (Å²) in [6.07, 6.45) is 1.28. The maximum Gasteiger partial charge on any atom is 0.268 e. The van der Waals surface area contributed by atoms with Crippen molar-refractivity contribution in [2.75, 3.05) is 13.7 Å². The van der Waals surface area contributed by atoms with E-state index in [4.69, 9.17) is 4.74 Å². The van der Waals surface area contributed by atoms with Gasteiger partial charge in [0.1, 0.15) is 11.4 Å². The largest absolute Gasteiger partial charge is 0.497 e. The Hall–Kier alpha value is -3.65. The molecule has 0 saturated carbocycles. The van der Waals surface area contributed by atoms with E-state index in [9.17, 15) is 18.0 Å². The van der Waals surface area contributed by atoms with Crippen LogP contribution in [0.15, 0.2) is 77.0 Å². The highest BCUT2D eigenvalue weighted by Gasteiger charge is 2.43. The minimum Gasteiger partial charge on any atom is -0.497 e. The molecule has 0 amide bonds. The van der Waals surface area contributed by atoms with E-state index in [1.165, 1.54) is 24.4 Å². The number of allylic oxidation sites excluding steroid dienone is 1. The Kier molecular flexibility index (Phi) is 4.56. The number of aromatic nitrogens is 1. The van der Waals surface area contributed by atoms with E-state index in [-0.39, 0.29) is 33.6 Å². The summed E-state index contributed by atoms with van der Waals surface area (Å²) in [4.78, 5) is 26.8. The number of hydrogen-bond acceptors (Lipinski definition) is 6. The number of carbonyl (C=O) groups excluding carboxylic acids is 2. The van der Waals surface area contributed by atoms with E-state index in [1.807, 2.05) is 19.1 Å². The predicted octanol–water partition coefficient (Wildman–Crippen LogP) is 3.06. The molecule has 32 heavy (non-hydrogen) atoms. The topological polar surface area (TPSA) is 94.5 Å². The van der Waals surface area contributed by atoms with E-state index in [0.29, 0.717) is 17.9 Å². The number of hydrogen-bond donors (Lipinski definition) is 1. The number of carbonyl (C=O) groups is 2. The van der Waals surface area contributed by atoms with Crippen molar-refractivity contribution in [2.45, 2.75) is 17.7 Å². The van der Waals surface area contributed by atoms with Crippen LogP contribution in [0.4, 0.5) is 0 Å². The fourth-order valence-electron chi connectivity index (χ4n) is 4.28. The normalized spacial score (nSPS) is 17.8. The number of nitrogens with zero attached hydrogens (tertiary/aromatic N) is 1. The summed E-state index contributed by atoms with van der Waals surface area (Å²) in [5.41, 5.74) is 2.27. The molecule has 1 aromatic heterocycles. The highest BCUT2D eigenvalue weighted by molar-refractivity contribution is 7.90. The van der Waals surface area contributed by atoms with Gasteiger partial charge in [0.15, 0.2) is 0 Å². The van der Waals surface area contributed by atoms with Gasteiger partial charge in [0.25, 0.3) is 10.0 Å². The van der Waals surface area contributed by atoms with Crippen molar-refractivity contribution in [3.63, 3.8) is 0 Å². The molecule has 2 aromatic carbocycles. The number of aryl methyl sites for hydroxylation is 1. The van der Waals surface area contributed by atoms with Gasteiger partial charge in [-0.05, 0) is 42.8 Å². The van der Waals surface area contributed by atoms with Crippen LogP contribution in [-0.4, -0.2) is 37.6 Å². The Morgan fingerprint density at radius 1 is 0.969 bits per heavy atom. The third-order valence-corrected chi connectivity index (χ3v) is 7.67. The second kappa shape index (κ2) is 7.20. The molecule has 0 saturated heterocycles. The summed E-state index contributed by atoms with van der Waals surface area (Å²) in [5, 5.41) is 3.06. The van der Waals surface area contributed by atoms with Crippen molar-refractivity contribution in [2.24, 2.45) is 0 Å². The first-order chi connectivity index (χ1) is 15.3. The minimum atomic E-state index is -4.05. The van der Waals surface area contributed by atoms with Gasteiger partial charge >= 0.3 is 0 Å². The summed E-state index contributed by atoms with van der Waals surface area (Å²) >= 11 is 0. The number of ether oxygens (including phenoxy) is 1. The fraction of sp³-hybridized carbons (Fsp3) is 0.167. The molecule has 0 spiro atoms. The quantitative estimate of drug-likeness (QED) is 0.659. The van der Waals surface area contributed by atoms with Gasteiger partial charge in [0.2, 0.25) is 11.6 Å². The molecule has 5 rings (SSSR count). The van der Waals surface area contributed by atoms with E-state index in [2.05, 4.69) is 5.32 Å². The van der Waals surface area contributed by atoms with Gasteiger partial charge in [-0.25, -0.2) is 12.4 Å². The third kappa shape index (κ3) is 2.90. The molecular weight excluding hydrogens is 428 g/mol. The molecule has 8 heteroatoms. The van der Waals surface area contributed by atoms with Crippen LogP contribution in [0.1, 0.15) is 37.9 Å². The summed E-state index contributed by atoms with van der Waals surface area (Å²) in [7, 11) is -2.48. The van der Waals surface area contributed by atoms with E-state index < -0.39 is 15.8 Å². The van der Waals surface area contributed by atoms with Crippen molar-refractivity contribution in [1.82, 2.24) is 9.29 Å². The van der Waals surface area contributed by atoms with E-state index in [1.54, 1.807) is 31.4 Å². The van der Waals surface area contributed by atoms with Gasteiger partial charge < -0.3 is 10.1 Å². The van der Waals surface area contributed by atoms with Crippen LogP contribution in [0, 0.1) is 6.92 Å². The highest BCUT2D eigenvalue weighted by Crippen LogP contribution is 2.39. The molecule has 1 aliphatic heterocycles. The minimum absolute atomic E-state index is 0.0535. The van der Waals surface area contributed by atoms with Crippen LogP contribution in [0.3, 0.4) is 0 Å². The number of Topliss-reactive ketones (excluding diaryl/α,β-unsaturated/α-hetero) is 2. The van der Waals surface area contributed by atoms with Gasteiger partial charge in [0.05, 0.1) is 23.3 Å². The number of rotatable bonds is 4. The molecule has 1 atom stereocenters. The zero-order chi connectivity index (χ0) is 22.6. The van der Waals surface area contributed by atoms with Gasteiger partial charge in [-0.2, -0.15) is 0 Å². The van der Waals surface area contributed by atoms with E-state index in [0.717, 1.165) is 15.1 Å². The van der Waals surface area contributed by atoms with E-state index >= 15 is 0 Å². The molecule has 0 bridgehead atoms. The molecular formula is C24H20N2O5S. The average Bonchev–Trinajstić information content (AvgIpc) is 3.44. The van der Waals surface area contributed by atoms with Crippen molar-refractivity contribution in [3.05, 3.63) is 94.4 Å². The Morgan fingerprint density at radius 3 is 2.31 bits per heavy atom. The summed E-state index contributed by atoms with van der Waals surface area (Å²) < 4.78 is 32.7. The molecule has 1 aliphatic carbocycles. The molecule has 0 fully saturated rings. The maximum atomic E-state index is 13.6. The van der Waals surface area contributed by atoms with Gasteiger partial charge in [-0.3, -0.25) is 9.59 Å². The number of fused-ring (bicyclic) bond motifs is 1. The highest BCUT2D eigenvalue weighted by atomic mass is 32.2. The SMILES string of the molecule is COc1ccc(C2CNC3=C2C(=O)c2c(ccn2S(=O)(=O)c2ccc(C)cc2)C3=O)cc1. The average molecular weight is 449 g/mol. The van der Waals surface area contributed by atoms with Crippen LogP contribution >= 0.6 is 0 Å². The van der Waals surface area contributed by atoms with Crippen molar-refractivity contribution < 1.29 is 22.7 Å². The Labute approximate surface area is 185 Å². The molecule has 3 aromatic rings. The number of methoxy groups -OCH3 is 1. The predicted molar refractivity (Wildman–Crippen MR) is 118 cm³/mol. The van der Waals surface area contributed by atoms with Crippen LogP contribution < -0.4 is 10.1 Å². The first kappa shape index (κ1) is 20.3. The van der Waals surface area contributed by atoms with Crippen LogP contribution in [0.5, 0.6) is 5.75 Å². The summed E-state index contributed by atoms with van der Waals surface area (Å²) in [6.45, 7) is 2.24. The number of benzene rings is 2.